The molecule has 3 nitrogen and oxygen atoms in total. The molecule has 3 rings (SSSR count). The summed E-state index contributed by atoms with van der Waals surface area (Å²) in [6, 6.07) is 12.1. The average molecular weight is 290 g/mol. The van der Waals surface area contributed by atoms with Crippen LogP contribution in [0.15, 0.2) is 73.2 Å². The van der Waals surface area contributed by atoms with E-state index in [4.69, 9.17) is 5.11 Å². The van der Waals surface area contributed by atoms with Gasteiger partial charge in [0, 0.05) is 29.3 Å². The van der Waals surface area contributed by atoms with Gasteiger partial charge in [-0.3, -0.25) is 4.98 Å². The fourth-order valence-electron chi connectivity index (χ4n) is 2.41. The Hall–Kier alpha value is -2.65. The number of benzene rings is 1. The third-order valence-electron chi connectivity index (χ3n) is 3.63. The van der Waals surface area contributed by atoms with Gasteiger partial charge in [-0.15, -0.1) is 0 Å². The predicted molar refractivity (Wildman–Crippen MR) is 90.1 cm³/mol. The zero-order chi connectivity index (χ0) is 15.5. The smallest absolute Gasteiger partial charge is 0.0852 e. The summed E-state index contributed by atoms with van der Waals surface area (Å²) >= 11 is 0. The van der Waals surface area contributed by atoms with Gasteiger partial charge in [-0.05, 0) is 42.3 Å². The summed E-state index contributed by atoms with van der Waals surface area (Å²) in [5.74, 6) is 0. The summed E-state index contributed by atoms with van der Waals surface area (Å²) in [5.41, 5.74) is 5.97. The van der Waals surface area contributed by atoms with Crippen LogP contribution in [0.5, 0.6) is 0 Å². The maximum Gasteiger partial charge on any atom is 0.0852 e. The highest BCUT2D eigenvalue weighted by molar-refractivity contribution is 5.80. The number of aryl methyl sites for hydroxylation is 1. The standard InChI is InChI=1S/C19H18N2O/c1-14-4-3-5-19(10-14)21-12-17(7-6-15(21)2)16-8-9-18(13-22)20-11-16/h3-12,22H,2,13H2,1H3. The molecule has 2 heterocycles. The number of aliphatic hydroxyl groups is 1. The molecule has 110 valence electrons. The Balaban J connectivity index is 1.96. The van der Waals surface area contributed by atoms with Crippen LogP contribution >= 0.6 is 0 Å². The van der Waals surface area contributed by atoms with Gasteiger partial charge in [0.1, 0.15) is 0 Å². The third-order valence-corrected chi connectivity index (χ3v) is 3.63. The van der Waals surface area contributed by atoms with Crippen molar-refractivity contribution in [3.05, 3.63) is 90.0 Å². The zero-order valence-electron chi connectivity index (χ0n) is 12.5. The molecule has 22 heavy (non-hydrogen) atoms. The van der Waals surface area contributed by atoms with Crippen molar-refractivity contribution < 1.29 is 5.11 Å². The third kappa shape index (κ3) is 2.85. The first-order valence-corrected chi connectivity index (χ1v) is 7.18. The molecular formula is C19H18N2O. The molecule has 1 aromatic carbocycles. The molecular weight excluding hydrogens is 272 g/mol. The molecule has 1 aromatic heterocycles. The van der Waals surface area contributed by atoms with Crippen molar-refractivity contribution in [3.63, 3.8) is 0 Å². The van der Waals surface area contributed by atoms with E-state index < -0.39 is 0 Å². The molecule has 0 atom stereocenters. The molecule has 0 saturated carbocycles. The molecule has 0 radical (unpaired) electrons. The molecule has 0 aliphatic carbocycles. The maximum absolute atomic E-state index is 9.08. The fourth-order valence-corrected chi connectivity index (χ4v) is 2.41. The number of hydrogen-bond acceptors (Lipinski definition) is 3. The van der Waals surface area contributed by atoms with E-state index in [9.17, 15) is 0 Å². The number of anilines is 1. The second kappa shape index (κ2) is 6.00. The summed E-state index contributed by atoms with van der Waals surface area (Å²) in [5, 5.41) is 9.08. The van der Waals surface area contributed by atoms with E-state index in [-0.39, 0.29) is 6.61 Å². The number of rotatable bonds is 3. The van der Waals surface area contributed by atoms with Crippen LogP contribution in [0.4, 0.5) is 5.69 Å². The van der Waals surface area contributed by atoms with E-state index in [1.54, 1.807) is 6.20 Å². The molecule has 1 N–H and O–H groups in total. The van der Waals surface area contributed by atoms with Gasteiger partial charge >= 0.3 is 0 Å². The Morgan fingerprint density at radius 1 is 1.18 bits per heavy atom. The predicted octanol–water partition coefficient (Wildman–Crippen LogP) is 3.81. The first-order chi connectivity index (χ1) is 10.7. The van der Waals surface area contributed by atoms with E-state index in [2.05, 4.69) is 47.8 Å². The van der Waals surface area contributed by atoms with Crippen LogP contribution in [0.2, 0.25) is 0 Å². The molecule has 0 amide bonds. The fraction of sp³-hybridized carbons (Fsp3) is 0.105. The molecule has 0 unspecified atom stereocenters. The van der Waals surface area contributed by atoms with Gasteiger partial charge in [0.2, 0.25) is 0 Å². The number of hydrogen-bond donors (Lipinski definition) is 1. The van der Waals surface area contributed by atoms with Crippen LogP contribution < -0.4 is 4.90 Å². The highest BCUT2D eigenvalue weighted by atomic mass is 16.3. The topological polar surface area (TPSA) is 36.4 Å². The molecule has 0 bridgehead atoms. The second-order valence-corrected chi connectivity index (χ2v) is 5.31. The van der Waals surface area contributed by atoms with Crippen molar-refractivity contribution in [2.24, 2.45) is 0 Å². The summed E-state index contributed by atoms with van der Waals surface area (Å²) in [4.78, 5) is 6.31. The Labute approximate surface area is 130 Å². The molecule has 3 heteroatoms. The van der Waals surface area contributed by atoms with Gasteiger partial charge in [0.15, 0.2) is 0 Å². The average Bonchev–Trinajstić information content (AvgIpc) is 2.55. The first-order valence-electron chi connectivity index (χ1n) is 7.18. The monoisotopic (exact) mass is 290 g/mol. The van der Waals surface area contributed by atoms with E-state index in [1.165, 1.54) is 5.56 Å². The van der Waals surface area contributed by atoms with Crippen molar-refractivity contribution in [2.75, 3.05) is 4.90 Å². The van der Waals surface area contributed by atoms with Gasteiger partial charge in [0.25, 0.3) is 0 Å². The molecule has 0 spiro atoms. The van der Waals surface area contributed by atoms with E-state index >= 15 is 0 Å². The largest absolute Gasteiger partial charge is 0.390 e. The summed E-state index contributed by atoms with van der Waals surface area (Å²) in [6.07, 6.45) is 7.87. The Morgan fingerprint density at radius 2 is 2.05 bits per heavy atom. The van der Waals surface area contributed by atoms with Crippen LogP contribution in [0, 0.1) is 6.92 Å². The lowest BCUT2D eigenvalue weighted by atomic mass is 10.0. The first kappa shape index (κ1) is 14.3. The SMILES string of the molecule is C=C1C=CC(c2ccc(CO)nc2)=CN1c1cccc(C)c1. The van der Waals surface area contributed by atoms with Crippen molar-refractivity contribution in [1.29, 1.82) is 0 Å². The van der Waals surface area contributed by atoms with Gasteiger partial charge in [-0.2, -0.15) is 0 Å². The highest BCUT2D eigenvalue weighted by Crippen LogP contribution is 2.28. The zero-order valence-corrected chi connectivity index (χ0v) is 12.5. The van der Waals surface area contributed by atoms with Crippen LogP contribution in [0.1, 0.15) is 16.8 Å². The summed E-state index contributed by atoms with van der Waals surface area (Å²) in [7, 11) is 0. The van der Waals surface area contributed by atoms with E-state index in [0.717, 1.165) is 22.5 Å². The van der Waals surface area contributed by atoms with Crippen molar-refractivity contribution >= 4 is 11.3 Å². The normalized spacial score (nSPS) is 14.2. The van der Waals surface area contributed by atoms with Crippen LogP contribution in [-0.2, 0) is 6.61 Å². The second-order valence-electron chi connectivity index (χ2n) is 5.31. The minimum absolute atomic E-state index is 0.0403. The molecule has 2 aromatic rings. The van der Waals surface area contributed by atoms with Gasteiger partial charge in [-0.25, -0.2) is 0 Å². The molecule has 1 aliphatic heterocycles. The quantitative estimate of drug-likeness (QED) is 0.933. The minimum atomic E-state index is -0.0403. The summed E-state index contributed by atoms with van der Waals surface area (Å²) in [6.45, 7) is 6.14. The Bertz CT molecular complexity index is 757. The Kier molecular flexibility index (Phi) is 3.90. The maximum atomic E-state index is 9.08. The lowest BCUT2D eigenvalue weighted by Crippen LogP contribution is -2.16. The van der Waals surface area contributed by atoms with Crippen LogP contribution in [-0.4, -0.2) is 10.1 Å². The minimum Gasteiger partial charge on any atom is -0.390 e. The van der Waals surface area contributed by atoms with Gasteiger partial charge < -0.3 is 10.0 Å². The highest BCUT2D eigenvalue weighted by Gasteiger charge is 2.12. The molecule has 0 fully saturated rings. The number of aromatic nitrogens is 1. The molecule has 1 aliphatic rings. The van der Waals surface area contributed by atoms with E-state index in [1.807, 2.05) is 30.4 Å². The number of allylic oxidation sites excluding steroid dienone is 3. The van der Waals surface area contributed by atoms with Gasteiger partial charge in [0.05, 0.1) is 12.3 Å². The van der Waals surface area contributed by atoms with Crippen molar-refractivity contribution in [1.82, 2.24) is 4.98 Å². The van der Waals surface area contributed by atoms with Crippen molar-refractivity contribution in [2.45, 2.75) is 13.5 Å². The number of pyridine rings is 1. The Morgan fingerprint density at radius 3 is 2.73 bits per heavy atom. The van der Waals surface area contributed by atoms with Crippen LogP contribution in [0.25, 0.3) is 5.57 Å². The van der Waals surface area contributed by atoms with Gasteiger partial charge in [-0.1, -0.05) is 30.9 Å². The van der Waals surface area contributed by atoms with E-state index in [0.29, 0.717) is 5.69 Å². The number of nitrogens with zero attached hydrogens (tertiary/aromatic N) is 2. The molecule has 0 saturated heterocycles. The van der Waals surface area contributed by atoms with Crippen molar-refractivity contribution in [3.8, 4) is 0 Å². The van der Waals surface area contributed by atoms with Crippen LogP contribution in [0.3, 0.4) is 0 Å². The summed E-state index contributed by atoms with van der Waals surface area (Å²) < 4.78 is 0. The number of aliphatic hydroxyl groups excluding tert-OH is 1. The lowest BCUT2D eigenvalue weighted by Gasteiger charge is -2.25. The lowest BCUT2D eigenvalue weighted by molar-refractivity contribution is 0.277.